The SMILES string of the molecule is O=S(=O)(c1ccc(-c2noc(-c3ccc(Br)cc3)n2)cc1)N1CCCCC1. The molecule has 0 radical (unpaired) electrons. The van der Waals surface area contributed by atoms with E-state index in [9.17, 15) is 8.42 Å². The highest BCUT2D eigenvalue weighted by atomic mass is 79.9. The van der Waals surface area contributed by atoms with E-state index in [2.05, 4.69) is 26.1 Å². The van der Waals surface area contributed by atoms with Crippen molar-refractivity contribution in [2.75, 3.05) is 13.1 Å². The molecule has 0 bridgehead atoms. The monoisotopic (exact) mass is 447 g/mol. The van der Waals surface area contributed by atoms with Crippen LogP contribution in [0.5, 0.6) is 0 Å². The largest absolute Gasteiger partial charge is 0.334 e. The molecule has 8 heteroatoms. The lowest BCUT2D eigenvalue weighted by Gasteiger charge is -2.25. The Morgan fingerprint density at radius 3 is 2.19 bits per heavy atom. The molecule has 1 saturated heterocycles. The molecule has 1 fully saturated rings. The van der Waals surface area contributed by atoms with Crippen molar-refractivity contribution in [3.63, 3.8) is 0 Å². The molecule has 0 spiro atoms. The van der Waals surface area contributed by atoms with Crippen LogP contribution in [0.25, 0.3) is 22.8 Å². The molecule has 2 heterocycles. The van der Waals surface area contributed by atoms with Crippen molar-refractivity contribution in [1.29, 1.82) is 0 Å². The highest BCUT2D eigenvalue weighted by Gasteiger charge is 2.25. The second-order valence-electron chi connectivity index (χ2n) is 6.42. The van der Waals surface area contributed by atoms with Crippen LogP contribution >= 0.6 is 15.9 Å². The summed E-state index contributed by atoms with van der Waals surface area (Å²) in [5.41, 5.74) is 1.53. The van der Waals surface area contributed by atoms with E-state index in [0.29, 0.717) is 35.3 Å². The molecule has 1 aromatic heterocycles. The fraction of sp³-hybridized carbons (Fsp3) is 0.263. The maximum Gasteiger partial charge on any atom is 0.258 e. The summed E-state index contributed by atoms with van der Waals surface area (Å²) in [4.78, 5) is 4.71. The van der Waals surface area contributed by atoms with Gasteiger partial charge in [0.05, 0.1) is 4.90 Å². The van der Waals surface area contributed by atoms with Gasteiger partial charge in [0.2, 0.25) is 15.8 Å². The summed E-state index contributed by atoms with van der Waals surface area (Å²) in [7, 11) is -3.44. The van der Waals surface area contributed by atoms with E-state index in [1.165, 1.54) is 0 Å². The predicted molar refractivity (Wildman–Crippen MR) is 105 cm³/mol. The van der Waals surface area contributed by atoms with Gasteiger partial charge in [0.15, 0.2) is 0 Å². The summed E-state index contributed by atoms with van der Waals surface area (Å²) >= 11 is 3.39. The second kappa shape index (κ2) is 7.53. The molecule has 6 nitrogen and oxygen atoms in total. The molecule has 0 saturated carbocycles. The highest BCUT2D eigenvalue weighted by molar-refractivity contribution is 9.10. The number of hydrogen-bond donors (Lipinski definition) is 0. The summed E-state index contributed by atoms with van der Waals surface area (Å²) in [6.45, 7) is 1.18. The van der Waals surface area contributed by atoms with Gasteiger partial charge in [-0.2, -0.15) is 9.29 Å². The maximum absolute atomic E-state index is 12.7. The fourth-order valence-electron chi connectivity index (χ4n) is 3.08. The van der Waals surface area contributed by atoms with Gasteiger partial charge in [0.25, 0.3) is 5.89 Å². The Kier molecular flexibility index (Phi) is 5.12. The molecule has 140 valence electrons. The van der Waals surface area contributed by atoms with Crippen LogP contribution in [0.1, 0.15) is 19.3 Å². The normalized spacial score (nSPS) is 15.7. The number of sulfonamides is 1. The molecule has 1 aliphatic rings. The molecular formula is C19H18BrN3O3S. The first-order valence-electron chi connectivity index (χ1n) is 8.74. The van der Waals surface area contributed by atoms with Crippen molar-refractivity contribution >= 4 is 26.0 Å². The lowest BCUT2D eigenvalue weighted by Crippen LogP contribution is -2.35. The third-order valence-corrected chi connectivity index (χ3v) is 7.02. The van der Waals surface area contributed by atoms with Gasteiger partial charge in [-0.3, -0.25) is 0 Å². The molecule has 3 aromatic rings. The molecule has 2 aromatic carbocycles. The number of nitrogens with zero attached hydrogens (tertiary/aromatic N) is 3. The molecule has 27 heavy (non-hydrogen) atoms. The van der Waals surface area contributed by atoms with Gasteiger partial charge >= 0.3 is 0 Å². The van der Waals surface area contributed by atoms with Gasteiger partial charge in [-0.15, -0.1) is 0 Å². The van der Waals surface area contributed by atoms with Gasteiger partial charge < -0.3 is 4.52 Å². The van der Waals surface area contributed by atoms with Crippen molar-refractivity contribution in [1.82, 2.24) is 14.4 Å². The molecule has 1 aliphatic heterocycles. The van der Waals surface area contributed by atoms with Gasteiger partial charge in [-0.05, 0) is 61.4 Å². The number of halogens is 1. The van der Waals surface area contributed by atoms with Crippen LogP contribution < -0.4 is 0 Å². The Bertz CT molecular complexity index is 1020. The summed E-state index contributed by atoms with van der Waals surface area (Å²) in [5.74, 6) is 0.845. The van der Waals surface area contributed by atoms with Crippen LogP contribution in [0.15, 0.2) is 62.4 Å². The van der Waals surface area contributed by atoms with E-state index in [1.807, 2.05) is 24.3 Å². The topological polar surface area (TPSA) is 76.3 Å². The lowest BCUT2D eigenvalue weighted by atomic mass is 10.2. The smallest absolute Gasteiger partial charge is 0.258 e. The van der Waals surface area contributed by atoms with E-state index < -0.39 is 10.0 Å². The summed E-state index contributed by atoms with van der Waals surface area (Å²) in [5, 5.41) is 4.01. The first-order chi connectivity index (χ1) is 13.0. The van der Waals surface area contributed by atoms with Gasteiger partial charge in [0.1, 0.15) is 0 Å². The van der Waals surface area contributed by atoms with E-state index in [4.69, 9.17) is 4.52 Å². The predicted octanol–water partition coefficient (Wildman–Crippen LogP) is 4.34. The minimum Gasteiger partial charge on any atom is -0.334 e. The van der Waals surface area contributed by atoms with Crippen molar-refractivity contribution in [3.8, 4) is 22.8 Å². The first-order valence-corrected chi connectivity index (χ1v) is 11.0. The standard InChI is InChI=1S/C19H18BrN3O3S/c20-16-8-4-15(5-9-16)19-21-18(22-26-19)14-6-10-17(11-7-14)27(24,25)23-12-2-1-3-13-23/h4-11H,1-3,12-13H2. The molecule has 0 amide bonds. The quantitative estimate of drug-likeness (QED) is 0.594. The number of piperidine rings is 1. The van der Waals surface area contributed by atoms with E-state index in [1.54, 1.807) is 28.6 Å². The van der Waals surface area contributed by atoms with Gasteiger partial charge in [0, 0.05) is 28.7 Å². The van der Waals surface area contributed by atoms with Gasteiger partial charge in [-0.25, -0.2) is 8.42 Å². The van der Waals surface area contributed by atoms with Crippen LogP contribution in [0, 0.1) is 0 Å². The van der Waals surface area contributed by atoms with Crippen molar-refractivity contribution in [2.24, 2.45) is 0 Å². The number of rotatable bonds is 4. The van der Waals surface area contributed by atoms with Crippen molar-refractivity contribution in [3.05, 3.63) is 53.0 Å². The lowest BCUT2D eigenvalue weighted by molar-refractivity contribution is 0.346. The Morgan fingerprint density at radius 2 is 1.52 bits per heavy atom. The molecule has 0 atom stereocenters. The third-order valence-electron chi connectivity index (χ3n) is 4.58. The van der Waals surface area contributed by atoms with Crippen LogP contribution in [-0.2, 0) is 10.0 Å². The number of hydrogen-bond acceptors (Lipinski definition) is 5. The Labute approximate surface area is 166 Å². The van der Waals surface area contributed by atoms with E-state index >= 15 is 0 Å². The van der Waals surface area contributed by atoms with Crippen LogP contribution in [0.2, 0.25) is 0 Å². The summed E-state index contributed by atoms with van der Waals surface area (Å²) in [6, 6.07) is 14.2. The molecule has 0 aliphatic carbocycles. The minimum atomic E-state index is -3.44. The van der Waals surface area contributed by atoms with E-state index in [-0.39, 0.29) is 0 Å². The van der Waals surface area contributed by atoms with Gasteiger partial charge in [-0.1, -0.05) is 27.5 Å². The average Bonchev–Trinajstić information content (AvgIpc) is 3.19. The molecule has 0 unspecified atom stereocenters. The Hall–Kier alpha value is -2.03. The van der Waals surface area contributed by atoms with Crippen molar-refractivity contribution in [2.45, 2.75) is 24.2 Å². The number of aromatic nitrogens is 2. The van der Waals surface area contributed by atoms with Crippen LogP contribution in [-0.4, -0.2) is 36.0 Å². The first kappa shape index (κ1) is 18.3. The zero-order chi connectivity index (χ0) is 18.9. The average molecular weight is 448 g/mol. The minimum absolute atomic E-state index is 0.296. The zero-order valence-corrected chi connectivity index (χ0v) is 16.9. The summed E-state index contributed by atoms with van der Waals surface area (Å²) < 4.78 is 33.3. The Balaban J connectivity index is 1.57. The zero-order valence-electron chi connectivity index (χ0n) is 14.5. The molecule has 0 N–H and O–H groups in total. The molecular weight excluding hydrogens is 430 g/mol. The van der Waals surface area contributed by atoms with Crippen LogP contribution in [0.3, 0.4) is 0 Å². The highest BCUT2D eigenvalue weighted by Crippen LogP contribution is 2.26. The number of benzene rings is 2. The van der Waals surface area contributed by atoms with E-state index in [0.717, 1.165) is 29.3 Å². The van der Waals surface area contributed by atoms with Crippen LogP contribution in [0.4, 0.5) is 0 Å². The van der Waals surface area contributed by atoms with Crippen molar-refractivity contribution < 1.29 is 12.9 Å². The maximum atomic E-state index is 12.7. The Morgan fingerprint density at radius 1 is 0.889 bits per heavy atom. The fourth-order valence-corrected chi connectivity index (χ4v) is 4.86. The molecule has 4 rings (SSSR count). The second-order valence-corrected chi connectivity index (χ2v) is 9.27. The third kappa shape index (κ3) is 3.83. The summed E-state index contributed by atoms with van der Waals surface area (Å²) in [6.07, 6.45) is 2.92.